The third kappa shape index (κ3) is 2.46. The smallest absolute Gasteiger partial charge is 0.213 e. The van der Waals surface area contributed by atoms with Crippen molar-refractivity contribution >= 4 is 29.5 Å². The molecule has 2 rings (SSSR count). The molecule has 0 spiro atoms. The number of rotatable bonds is 2. The van der Waals surface area contributed by atoms with Gasteiger partial charge >= 0.3 is 0 Å². The predicted molar refractivity (Wildman–Crippen MR) is 65.0 cm³/mol. The van der Waals surface area contributed by atoms with Crippen LogP contribution in [0.15, 0.2) is 30.3 Å². The highest BCUT2D eigenvalue weighted by Gasteiger charge is 2.11. The number of hydrogen-bond donors (Lipinski definition) is 0. The first-order valence-corrected chi connectivity index (χ1v) is 5.44. The number of aldehydes is 1. The Morgan fingerprint density at radius 1 is 1.12 bits per heavy atom. The second-order valence-electron chi connectivity index (χ2n) is 3.31. The maximum absolute atomic E-state index is 12.9. The Balaban J connectivity index is 2.67. The number of halogens is 3. The Kier molecular flexibility index (Phi) is 3.41. The van der Waals surface area contributed by atoms with Gasteiger partial charge in [-0.15, -0.1) is 0 Å². The van der Waals surface area contributed by atoms with Crippen molar-refractivity contribution in [1.82, 2.24) is 4.98 Å². The van der Waals surface area contributed by atoms with Gasteiger partial charge in [-0.05, 0) is 30.3 Å². The lowest BCUT2D eigenvalue weighted by atomic mass is 10.0. The molecule has 2 aromatic rings. The molecule has 2 nitrogen and oxygen atoms in total. The maximum atomic E-state index is 12.9. The van der Waals surface area contributed by atoms with Crippen molar-refractivity contribution in [3.05, 3.63) is 52.0 Å². The molecule has 1 heterocycles. The molecule has 0 aliphatic carbocycles. The molecule has 0 aliphatic heterocycles. The molecule has 0 amide bonds. The largest absolute Gasteiger partial charge is 0.296 e. The summed E-state index contributed by atoms with van der Waals surface area (Å²) in [6, 6.07) is 7.46. The van der Waals surface area contributed by atoms with E-state index >= 15 is 0 Å². The molecule has 17 heavy (non-hydrogen) atoms. The monoisotopic (exact) mass is 269 g/mol. The first-order valence-electron chi connectivity index (χ1n) is 4.69. The van der Waals surface area contributed by atoms with Crippen molar-refractivity contribution < 1.29 is 9.18 Å². The van der Waals surface area contributed by atoms with Gasteiger partial charge < -0.3 is 0 Å². The van der Waals surface area contributed by atoms with Crippen LogP contribution in [-0.4, -0.2) is 11.3 Å². The molecule has 0 saturated heterocycles. The number of carbonyl (C=O) groups excluding carboxylic acids is 1. The number of aromatic nitrogens is 1. The first kappa shape index (κ1) is 12.0. The summed E-state index contributed by atoms with van der Waals surface area (Å²) in [5.74, 6) is -0.714. The second kappa shape index (κ2) is 4.82. The molecular formula is C12H6Cl2FNO. The molecule has 1 aromatic heterocycles. The van der Waals surface area contributed by atoms with E-state index in [9.17, 15) is 9.18 Å². The Morgan fingerprint density at radius 2 is 1.88 bits per heavy atom. The van der Waals surface area contributed by atoms with E-state index in [-0.39, 0.29) is 5.69 Å². The third-order valence-electron chi connectivity index (χ3n) is 2.22. The molecular weight excluding hydrogens is 264 g/mol. The lowest BCUT2D eigenvalue weighted by Crippen LogP contribution is -1.95. The van der Waals surface area contributed by atoms with E-state index in [0.29, 0.717) is 27.5 Å². The van der Waals surface area contributed by atoms with E-state index in [1.54, 1.807) is 18.2 Å². The van der Waals surface area contributed by atoms with Gasteiger partial charge in [0.05, 0.1) is 0 Å². The highest BCUT2D eigenvalue weighted by Crippen LogP contribution is 2.31. The van der Waals surface area contributed by atoms with Crippen molar-refractivity contribution in [2.75, 3.05) is 0 Å². The van der Waals surface area contributed by atoms with Gasteiger partial charge in [-0.1, -0.05) is 23.2 Å². The Bertz CT molecular complexity index is 587. The van der Waals surface area contributed by atoms with Crippen LogP contribution >= 0.6 is 23.2 Å². The summed E-state index contributed by atoms with van der Waals surface area (Å²) < 4.78 is 12.9. The quantitative estimate of drug-likeness (QED) is 0.609. The summed E-state index contributed by atoms with van der Waals surface area (Å²) in [6.07, 6.45) is 0.482. The van der Waals surface area contributed by atoms with Crippen molar-refractivity contribution in [3.63, 3.8) is 0 Å². The highest BCUT2D eigenvalue weighted by molar-refractivity contribution is 6.35. The van der Waals surface area contributed by atoms with E-state index in [1.807, 2.05) is 0 Å². The Labute approximate surface area is 107 Å². The minimum atomic E-state index is -0.714. The van der Waals surface area contributed by atoms with Gasteiger partial charge in [-0.3, -0.25) is 4.79 Å². The molecule has 0 atom stereocenters. The average molecular weight is 270 g/mol. The zero-order valence-corrected chi connectivity index (χ0v) is 9.97. The zero-order chi connectivity index (χ0) is 12.4. The fourth-order valence-electron chi connectivity index (χ4n) is 1.47. The predicted octanol–water partition coefficient (Wildman–Crippen LogP) is 4.01. The van der Waals surface area contributed by atoms with Crippen molar-refractivity contribution in [1.29, 1.82) is 0 Å². The molecule has 1 aromatic carbocycles. The Morgan fingerprint density at radius 3 is 2.59 bits per heavy atom. The SMILES string of the molecule is O=Cc1nc(F)ccc1-c1cc(Cl)ccc1Cl. The summed E-state index contributed by atoms with van der Waals surface area (Å²) in [7, 11) is 0. The lowest BCUT2D eigenvalue weighted by Gasteiger charge is -2.07. The van der Waals surface area contributed by atoms with Crippen LogP contribution < -0.4 is 0 Å². The van der Waals surface area contributed by atoms with Crippen LogP contribution in [0.3, 0.4) is 0 Å². The van der Waals surface area contributed by atoms with Crippen LogP contribution in [0.25, 0.3) is 11.1 Å². The van der Waals surface area contributed by atoms with E-state index in [2.05, 4.69) is 4.98 Å². The van der Waals surface area contributed by atoms with E-state index in [4.69, 9.17) is 23.2 Å². The minimum Gasteiger partial charge on any atom is -0.296 e. The number of nitrogens with zero attached hydrogens (tertiary/aromatic N) is 1. The average Bonchev–Trinajstić information content (AvgIpc) is 2.32. The summed E-state index contributed by atoms with van der Waals surface area (Å²) >= 11 is 11.9. The minimum absolute atomic E-state index is 0.00540. The molecule has 0 N–H and O–H groups in total. The molecule has 0 unspecified atom stereocenters. The van der Waals surface area contributed by atoms with Crippen LogP contribution in [0.5, 0.6) is 0 Å². The number of benzene rings is 1. The number of pyridine rings is 1. The van der Waals surface area contributed by atoms with Crippen LogP contribution in [-0.2, 0) is 0 Å². The normalized spacial score (nSPS) is 10.3. The van der Waals surface area contributed by atoms with Crippen LogP contribution in [0, 0.1) is 5.95 Å². The van der Waals surface area contributed by atoms with Gasteiger partial charge in [0.25, 0.3) is 0 Å². The third-order valence-corrected chi connectivity index (χ3v) is 2.79. The van der Waals surface area contributed by atoms with Gasteiger partial charge in [0.2, 0.25) is 5.95 Å². The fourth-order valence-corrected chi connectivity index (χ4v) is 1.86. The van der Waals surface area contributed by atoms with E-state index in [1.165, 1.54) is 12.1 Å². The number of hydrogen-bond acceptors (Lipinski definition) is 2. The van der Waals surface area contributed by atoms with Crippen molar-refractivity contribution in [2.24, 2.45) is 0 Å². The molecule has 0 aliphatic rings. The van der Waals surface area contributed by atoms with Crippen LogP contribution in [0.2, 0.25) is 10.0 Å². The molecule has 5 heteroatoms. The lowest BCUT2D eigenvalue weighted by molar-refractivity contribution is 0.111. The summed E-state index contributed by atoms with van der Waals surface area (Å²) in [5.41, 5.74) is 0.997. The van der Waals surface area contributed by atoms with Gasteiger partial charge in [0.15, 0.2) is 6.29 Å². The van der Waals surface area contributed by atoms with E-state index < -0.39 is 5.95 Å². The molecule has 0 saturated carbocycles. The van der Waals surface area contributed by atoms with Gasteiger partial charge in [0.1, 0.15) is 5.69 Å². The van der Waals surface area contributed by atoms with Crippen molar-refractivity contribution in [3.8, 4) is 11.1 Å². The highest BCUT2D eigenvalue weighted by atomic mass is 35.5. The molecule has 0 fully saturated rings. The Hall–Kier alpha value is -1.45. The summed E-state index contributed by atoms with van der Waals surface area (Å²) in [4.78, 5) is 14.3. The zero-order valence-electron chi connectivity index (χ0n) is 8.45. The van der Waals surface area contributed by atoms with E-state index in [0.717, 1.165) is 0 Å². The van der Waals surface area contributed by atoms with Gasteiger partial charge in [0, 0.05) is 21.2 Å². The fraction of sp³-hybridized carbons (Fsp3) is 0. The van der Waals surface area contributed by atoms with Crippen LogP contribution in [0.4, 0.5) is 4.39 Å². The molecule has 86 valence electrons. The van der Waals surface area contributed by atoms with Gasteiger partial charge in [-0.2, -0.15) is 4.39 Å². The maximum Gasteiger partial charge on any atom is 0.213 e. The standard InChI is InChI=1S/C12H6Cl2FNO/c13-7-1-3-10(14)9(5-7)8-2-4-12(15)16-11(8)6-17/h1-6H. The summed E-state index contributed by atoms with van der Waals surface area (Å²) in [6.45, 7) is 0. The second-order valence-corrected chi connectivity index (χ2v) is 4.15. The number of carbonyl (C=O) groups is 1. The van der Waals surface area contributed by atoms with Crippen LogP contribution in [0.1, 0.15) is 10.5 Å². The van der Waals surface area contributed by atoms with Gasteiger partial charge in [-0.25, -0.2) is 4.98 Å². The van der Waals surface area contributed by atoms with Crippen molar-refractivity contribution in [2.45, 2.75) is 0 Å². The molecule has 0 bridgehead atoms. The summed E-state index contributed by atoms with van der Waals surface area (Å²) in [5, 5.41) is 0.900. The topological polar surface area (TPSA) is 30.0 Å². The first-order chi connectivity index (χ1) is 8.11. The molecule has 0 radical (unpaired) electrons.